The Kier molecular flexibility index (Phi) is 6.31. The van der Waals surface area contributed by atoms with E-state index in [4.69, 9.17) is 9.47 Å². The van der Waals surface area contributed by atoms with Gasteiger partial charge in [-0.25, -0.2) is 17.6 Å². The van der Waals surface area contributed by atoms with Gasteiger partial charge < -0.3 is 14.8 Å². The molecule has 1 N–H and O–H groups in total. The van der Waals surface area contributed by atoms with Gasteiger partial charge in [-0.15, -0.1) is 0 Å². The number of esters is 1. The quantitative estimate of drug-likeness (QED) is 0.666. The molecular formula is C18H23FN2O6S. The zero-order chi connectivity index (χ0) is 20.3. The highest BCUT2D eigenvalue weighted by Gasteiger charge is 2.31. The summed E-state index contributed by atoms with van der Waals surface area (Å²) in [5, 5.41) is 2.75. The molecule has 1 aromatic carbocycles. The highest BCUT2D eigenvalue weighted by atomic mass is 32.2. The van der Waals surface area contributed by atoms with Crippen LogP contribution in [0.1, 0.15) is 30.1 Å². The Hall–Kier alpha value is -2.04. The number of nitrogens with one attached hydrogen (secondary N) is 1. The SMILES string of the molecule is C[C@@H](NC(=O)COC(=O)c1ccc(F)c(S(=O)(=O)N2CCOCC2)c1)C1CC1. The van der Waals surface area contributed by atoms with Crippen LogP contribution in [-0.4, -0.2) is 63.6 Å². The lowest BCUT2D eigenvalue weighted by Crippen LogP contribution is -2.41. The van der Waals surface area contributed by atoms with E-state index in [2.05, 4.69) is 5.32 Å². The molecule has 154 valence electrons. The van der Waals surface area contributed by atoms with Crippen LogP contribution in [0.25, 0.3) is 0 Å². The van der Waals surface area contributed by atoms with Gasteiger partial charge in [0.25, 0.3) is 5.91 Å². The molecule has 0 unspecified atom stereocenters. The number of morpholine rings is 1. The van der Waals surface area contributed by atoms with Crippen LogP contribution in [0.3, 0.4) is 0 Å². The van der Waals surface area contributed by atoms with Crippen molar-refractivity contribution in [3.05, 3.63) is 29.6 Å². The van der Waals surface area contributed by atoms with Crippen molar-refractivity contribution in [1.82, 2.24) is 9.62 Å². The molecule has 0 bridgehead atoms. The average molecular weight is 414 g/mol. The lowest BCUT2D eigenvalue weighted by atomic mass is 10.2. The van der Waals surface area contributed by atoms with E-state index >= 15 is 0 Å². The maximum Gasteiger partial charge on any atom is 0.338 e. The van der Waals surface area contributed by atoms with Crippen LogP contribution in [0.4, 0.5) is 4.39 Å². The second-order valence-corrected chi connectivity index (χ2v) is 8.84. The average Bonchev–Trinajstić information content (AvgIpc) is 3.52. The third-order valence-corrected chi connectivity index (χ3v) is 6.72. The molecule has 8 nitrogen and oxygen atoms in total. The summed E-state index contributed by atoms with van der Waals surface area (Å²) < 4.78 is 50.6. The lowest BCUT2D eigenvalue weighted by Gasteiger charge is -2.26. The van der Waals surface area contributed by atoms with Crippen LogP contribution in [-0.2, 0) is 24.3 Å². The summed E-state index contributed by atoms with van der Waals surface area (Å²) in [4.78, 5) is 23.4. The third kappa shape index (κ3) is 4.86. The van der Waals surface area contributed by atoms with E-state index in [0.717, 1.165) is 35.3 Å². The van der Waals surface area contributed by atoms with Crippen LogP contribution < -0.4 is 5.32 Å². The minimum atomic E-state index is -4.11. The molecule has 1 aliphatic heterocycles. The Bertz CT molecular complexity index is 850. The summed E-state index contributed by atoms with van der Waals surface area (Å²) in [6, 6.07) is 2.98. The fourth-order valence-corrected chi connectivity index (χ4v) is 4.48. The number of hydrogen-bond donors (Lipinski definition) is 1. The maximum absolute atomic E-state index is 14.2. The molecule has 10 heteroatoms. The van der Waals surface area contributed by atoms with Gasteiger partial charge in [-0.2, -0.15) is 4.31 Å². The normalized spacial score (nSPS) is 19.1. The zero-order valence-corrected chi connectivity index (χ0v) is 16.3. The van der Waals surface area contributed by atoms with Crippen LogP contribution in [0.2, 0.25) is 0 Å². The summed E-state index contributed by atoms with van der Waals surface area (Å²) in [7, 11) is -4.11. The Balaban J connectivity index is 1.66. The van der Waals surface area contributed by atoms with Gasteiger partial charge in [-0.05, 0) is 43.9 Å². The van der Waals surface area contributed by atoms with Gasteiger partial charge in [-0.3, -0.25) is 4.79 Å². The first-order chi connectivity index (χ1) is 13.3. The summed E-state index contributed by atoms with van der Waals surface area (Å²) in [5.74, 6) is -1.83. The lowest BCUT2D eigenvalue weighted by molar-refractivity contribution is -0.124. The number of sulfonamides is 1. The highest BCUT2D eigenvalue weighted by Crippen LogP contribution is 2.32. The first-order valence-corrected chi connectivity index (χ1v) is 10.6. The van der Waals surface area contributed by atoms with Gasteiger partial charge in [0, 0.05) is 19.1 Å². The van der Waals surface area contributed by atoms with Gasteiger partial charge in [0.05, 0.1) is 18.8 Å². The molecule has 1 aliphatic carbocycles. The van der Waals surface area contributed by atoms with Gasteiger partial charge in [0.1, 0.15) is 10.7 Å². The molecule has 1 saturated heterocycles. The van der Waals surface area contributed by atoms with Crippen LogP contribution in [0.5, 0.6) is 0 Å². The van der Waals surface area contributed by atoms with E-state index in [1.807, 2.05) is 6.92 Å². The van der Waals surface area contributed by atoms with E-state index in [9.17, 15) is 22.4 Å². The summed E-state index contributed by atoms with van der Waals surface area (Å²) in [6.45, 7) is 2.05. The molecule has 0 radical (unpaired) electrons. The molecule has 2 fully saturated rings. The van der Waals surface area contributed by atoms with Crippen molar-refractivity contribution in [3.63, 3.8) is 0 Å². The van der Waals surface area contributed by atoms with Gasteiger partial charge in [-0.1, -0.05) is 0 Å². The van der Waals surface area contributed by atoms with Crippen molar-refractivity contribution in [2.45, 2.75) is 30.7 Å². The summed E-state index contributed by atoms with van der Waals surface area (Å²) >= 11 is 0. The van der Waals surface area contributed by atoms with E-state index in [1.54, 1.807) is 0 Å². The Morgan fingerprint density at radius 1 is 1.32 bits per heavy atom. The second kappa shape index (κ2) is 8.54. The standard InChI is InChI=1S/C18H23FN2O6S/c1-12(13-2-3-13)20-17(22)11-27-18(23)14-4-5-15(19)16(10-14)28(24,25)21-6-8-26-9-7-21/h4-5,10,12-13H,2-3,6-9,11H2,1H3,(H,20,22)/t12-/m1/s1. The van der Waals surface area contributed by atoms with Crippen molar-refractivity contribution in [2.24, 2.45) is 5.92 Å². The van der Waals surface area contributed by atoms with E-state index < -0.39 is 39.2 Å². The summed E-state index contributed by atoms with van der Waals surface area (Å²) in [5.41, 5.74) is -0.142. The first-order valence-electron chi connectivity index (χ1n) is 9.13. The molecule has 2 aliphatic rings. The number of halogens is 1. The number of nitrogens with zero attached hydrogens (tertiary/aromatic N) is 1. The monoisotopic (exact) mass is 414 g/mol. The van der Waals surface area contributed by atoms with Crippen LogP contribution >= 0.6 is 0 Å². The number of benzene rings is 1. The largest absolute Gasteiger partial charge is 0.452 e. The number of carbonyl (C=O) groups is 2. The van der Waals surface area contributed by atoms with Crippen LogP contribution in [0, 0.1) is 11.7 Å². The first kappa shape index (κ1) is 20.7. The summed E-state index contributed by atoms with van der Waals surface area (Å²) in [6.07, 6.45) is 2.13. The Morgan fingerprint density at radius 3 is 2.64 bits per heavy atom. The van der Waals surface area contributed by atoms with Gasteiger partial charge in [0.2, 0.25) is 10.0 Å². The molecule has 1 atom stereocenters. The van der Waals surface area contributed by atoms with Crippen molar-refractivity contribution in [1.29, 1.82) is 0 Å². The molecule has 0 spiro atoms. The highest BCUT2D eigenvalue weighted by molar-refractivity contribution is 7.89. The molecule has 1 aromatic rings. The van der Waals surface area contributed by atoms with Gasteiger partial charge in [0.15, 0.2) is 6.61 Å². The maximum atomic E-state index is 14.2. The third-order valence-electron chi connectivity index (χ3n) is 4.81. The van der Waals surface area contributed by atoms with E-state index in [0.29, 0.717) is 5.92 Å². The molecule has 3 rings (SSSR count). The number of carbonyl (C=O) groups excluding carboxylic acids is 2. The Morgan fingerprint density at radius 2 is 2.00 bits per heavy atom. The predicted octanol–water partition coefficient (Wildman–Crippen LogP) is 0.918. The Labute approximate surface area is 163 Å². The molecule has 1 saturated carbocycles. The fraction of sp³-hybridized carbons (Fsp3) is 0.556. The van der Waals surface area contributed by atoms with E-state index in [1.165, 1.54) is 0 Å². The van der Waals surface area contributed by atoms with Crippen molar-refractivity contribution in [2.75, 3.05) is 32.9 Å². The predicted molar refractivity (Wildman–Crippen MR) is 96.6 cm³/mol. The van der Waals surface area contributed by atoms with Crippen molar-refractivity contribution < 1.29 is 31.9 Å². The number of rotatable bonds is 7. The molecular weight excluding hydrogens is 391 g/mol. The molecule has 0 aromatic heterocycles. The molecule has 1 heterocycles. The van der Waals surface area contributed by atoms with Crippen molar-refractivity contribution in [3.8, 4) is 0 Å². The number of hydrogen-bond acceptors (Lipinski definition) is 6. The molecule has 28 heavy (non-hydrogen) atoms. The number of amides is 1. The smallest absolute Gasteiger partial charge is 0.338 e. The van der Waals surface area contributed by atoms with Gasteiger partial charge >= 0.3 is 5.97 Å². The minimum Gasteiger partial charge on any atom is -0.452 e. The minimum absolute atomic E-state index is 0.0160. The zero-order valence-electron chi connectivity index (χ0n) is 15.5. The second-order valence-electron chi connectivity index (χ2n) is 6.93. The fourth-order valence-electron chi connectivity index (χ4n) is 2.98. The molecule has 1 amide bonds. The van der Waals surface area contributed by atoms with Crippen LogP contribution in [0.15, 0.2) is 23.1 Å². The van der Waals surface area contributed by atoms with Crippen molar-refractivity contribution >= 4 is 21.9 Å². The van der Waals surface area contributed by atoms with E-state index in [-0.39, 0.29) is 37.9 Å². The number of ether oxygens (including phenoxy) is 2. The topological polar surface area (TPSA) is 102 Å².